The Morgan fingerprint density at radius 2 is 1.80 bits per heavy atom. The van der Waals surface area contributed by atoms with Crippen molar-refractivity contribution >= 4 is 0 Å². The van der Waals surface area contributed by atoms with Crippen molar-refractivity contribution in [3.05, 3.63) is 35.3 Å². The first-order valence-electron chi connectivity index (χ1n) is 7.84. The van der Waals surface area contributed by atoms with E-state index in [2.05, 4.69) is 10.1 Å². The summed E-state index contributed by atoms with van der Waals surface area (Å²) in [7, 11) is 0. The van der Waals surface area contributed by atoms with E-state index in [1.54, 1.807) is 17.8 Å². The third-order valence-corrected chi connectivity index (χ3v) is 4.20. The number of alkyl halides is 5. The summed E-state index contributed by atoms with van der Waals surface area (Å²) < 4.78 is 67.8. The lowest BCUT2D eigenvalue weighted by Gasteiger charge is -2.27. The molecule has 0 atom stereocenters. The Bertz CT molecular complexity index is 747. The van der Waals surface area contributed by atoms with Crippen molar-refractivity contribution in [2.45, 2.75) is 53.3 Å². The maximum absolute atomic E-state index is 13.6. The second kappa shape index (κ2) is 6.72. The fourth-order valence-corrected chi connectivity index (χ4v) is 2.61. The molecule has 0 spiro atoms. The van der Waals surface area contributed by atoms with Gasteiger partial charge in [-0.25, -0.2) is 8.78 Å². The summed E-state index contributed by atoms with van der Waals surface area (Å²) in [5.74, 6) is 0. The highest BCUT2D eigenvalue weighted by Crippen LogP contribution is 2.41. The Balaban J connectivity index is 2.51. The van der Waals surface area contributed by atoms with Gasteiger partial charge in [-0.3, -0.25) is 9.67 Å². The standard InChI is InChI=1S/C17H20F5N3/c1-5-25-14(10(2)8-24-25)13-9-23-11(6-12(13)15(18)19)7-16(3,4)17(20,21)22/h6,8-9,15H,5,7H2,1-4H3. The minimum atomic E-state index is -4.45. The molecule has 0 unspecified atom stereocenters. The quantitative estimate of drug-likeness (QED) is 0.673. The normalized spacial score (nSPS) is 12.9. The summed E-state index contributed by atoms with van der Waals surface area (Å²) in [4.78, 5) is 4.02. The van der Waals surface area contributed by atoms with Gasteiger partial charge in [0, 0.05) is 36.0 Å². The molecule has 2 aromatic rings. The largest absolute Gasteiger partial charge is 0.394 e. The highest BCUT2D eigenvalue weighted by atomic mass is 19.4. The van der Waals surface area contributed by atoms with Gasteiger partial charge in [-0.15, -0.1) is 0 Å². The zero-order valence-corrected chi connectivity index (χ0v) is 14.5. The van der Waals surface area contributed by atoms with E-state index in [0.29, 0.717) is 17.8 Å². The van der Waals surface area contributed by atoms with Crippen LogP contribution < -0.4 is 0 Å². The van der Waals surface area contributed by atoms with Crippen molar-refractivity contribution in [3.63, 3.8) is 0 Å². The van der Waals surface area contributed by atoms with Crippen LogP contribution in [0.4, 0.5) is 22.0 Å². The molecule has 138 valence electrons. The number of nitrogens with zero attached hydrogens (tertiary/aromatic N) is 3. The predicted octanol–water partition coefficient (Wildman–Crippen LogP) is 5.34. The molecule has 0 aromatic carbocycles. The average Bonchev–Trinajstić information content (AvgIpc) is 2.86. The summed E-state index contributed by atoms with van der Waals surface area (Å²) >= 11 is 0. The van der Waals surface area contributed by atoms with Crippen LogP contribution in [-0.2, 0) is 13.0 Å². The smallest absolute Gasteiger partial charge is 0.265 e. The molecule has 25 heavy (non-hydrogen) atoms. The summed E-state index contributed by atoms with van der Waals surface area (Å²) in [6.45, 7) is 6.10. The topological polar surface area (TPSA) is 30.7 Å². The van der Waals surface area contributed by atoms with E-state index < -0.39 is 24.4 Å². The molecule has 0 aliphatic rings. The van der Waals surface area contributed by atoms with Gasteiger partial charge in [0.05, 0.1) is 17.3 Å². The van der Waals surface area contributed by atoms with Crippen LogP contribution in [0.25, 0.3) is 11.3 Å². The molecule has 2 aromatic heterocycles. The molecule has 0 amide bonds. The van der Waals surface area contributed by atoms with Gasteiger partial charge in [-0.2, -0.15) is 18.3 Å². The minimum Gasteiger partial charge on any atom is -0.265 e. The SMILES string of the molecule is CCn1ncc(C)c1-c1cnc(CC(C)(C)C(F)(F)F)cc1C(F)F. The van der Waals surface area contributed by atoms with E-state index in [-0.39, 0.29) is 16.8 Å². The van der Waals surface area contributed by atoms with E-state index in [4.69, 9.17) is 0 Å². The number of pyridine rings is 1. The van der Waals surface area contributed by atoms with Gasteiger partial charge in [0.25, 0.3) is 6.43 Å². The highest BCUT2D eigenvalue weighted by Gasteiger charge is 2.47. The first kappa shape index (κ1) is 19.3. The van der Waals surface area contributed by atoms with Crippen LogP contribution in [0, 0.1) is 12.3 Å². The molecule has 3 nitrogen and oxygen atoms in total. The van der Waals surface area contributed by atoms with Crippen molar-refractivity contribution in [2.75, 3.05) is 0 Å². The molecule has 0 radical (unpaired) electrons. The maximum atomic E-state index is 13.6. The van der Waals surface area contributed by atoms with Crippen LogP contribution in [0.3, 0.4) is 0 Å². The van der Waals surface area contributed by atoms with Gasteiger partial charge in [0.1, 0.15) is 0 Å². The van der Waals surface area contributed by atoms with Crippen LogP contribution in [0.2, 0.25) is 0 Å². The third kappa shape index (κ3) is 3.82. The van der Waals surface area contributed by atoms with Crippen LogP contribution in [0.1, 0.15) is 44.0 Å². The summed E-state index contributed by atoms with van der Waals surface area (Å²) in [5.41, 5.74) is -0.994. The zero-order chi connectivity index (χ0) is 19.0. The molecule has 0 fully saturated rings. The Morgan fingerprint density at radius 1 is 1.16 bits per heavy atom. The number of rotatable bonds is 5. The number of hydrogen-bond donors (Lipinski definition) is 0. The van der Waals surface area contributed by atoms with Crippen molar-refractivity contribution in [2.24, 2.45) is 5.41 Å². The van der Waals surface area contributed by atoms with E-state index >= 15 is 0 Å². The number of aryl methyl sites for hydroxylation is 2. The molecular formula is C17H20F5N3. The van der Waals surface area contributed by atoms with Crippen LogP contribution in [-0.4, -0.2) is 20.9 Å². The van der Waals surface area contributed by atoms with E-state index in [9.17, 15) is 22.0 Å². The highest BCUT2D eigenvalue weighted by molar-refractivity contribution is 5.66. The molecule has 0 bridgehead atoms. The van der Waals surface area contributed by atoms with Crippen LogP contribution in [0.5, 0.6) is 0 Å². The van der Waals surface area contributed by atoms with Crippen LogP contribution >= 0.6 is 0 Å². The van der Waals surface area contributed by atoms with E-state index in [1.807, 2.05) is 6.92 Å². The second-order valence-corrected chi connectivity index (χ2v) is 6.61. The molecule has 0 aliphatic carbocycles. The number of aromatic nitrogens is 3. The first-order valence-corrected chi connectivity index (χ1v) is 7.84. The van der Waals surface area contributed by atoms with Crippen molar-refractivity contribution < 1.29 is 22.0 Å². The van der Waals surface area contributed by atoms with Crippen molar-refractivity contribution in [1.29, 1.82) is 0 Å². The molecule has 0 aliphatic heterocycles. The summed E-state index contributed by atoms with van der Waals surface area (Å²) in [6.07, 6.45) is -4.96. The van der Waals surface area contributed by atoms with Gasteiger partial charge in [-0.05, 0) is 25.5 Å². The van der Waals surface area contributed by atoms with Gasteiger partial charge >= 0.3 is 6.18 Å². The molecular weight excluding hydrogens is 341 g/mol. The third-order valence-electron chi connectivity index (χ3n) is 4.20. The lowest BCUT2D eigenvalue weighted by atomic mass is 9.86. The van der Waals surface area contributed by atoms with Crippen molar-refractivity contribution in [1.82, 2.24) is 14.8 Å². The van der Waals surface area contributed by atoms with Gasteiger partial charge in [0.15, 0.2) is 0 Å². The number of halogens is 5. The number of hydrogen-bond acceptors (Lipinski definition) is 2. The first-order chi connectivity index (χ1) is 11.5. The van der Waals surface area contributed by atoms with E-state index in [0.717, 1.165) is 19.9 Å². The fraction of sp³-hybridized carbons (Fsp3) is 0.529. The Kier molecular flexibility index (Phi) is 5.20. The lowest BCUT2D eigenvalue weighted by molar-refractivity contribution is -0.211. The fourth-order valence-electron chi connectivity index (χ4n) is 2.61. The van der Waals surface area contributed by atoms with E-state index in [1.165, 1.54) is 6.20 Å². The molecule has 0 saturated carbocycles. The van der Waals surface area contributed by atoms with Gasteiger partial charge in [-0.1, -0.05) is 13.8 Å². The maximum Gasteiger partial charge on any atom is 0.394 e. The molecule has 0 N–H and O–H groups in total. The lowest BCUT2D eigenvalue weighted by Crippen LogP contribution is -2.34. The molecule has 8 heteroatoms. The second-order valence-electron chi connectivity index (χ2n) is 6.61. The Morgan fingerprint density at radius 3 is 2.32 bits per heavy atom. The predicted molar refractivity (Wildman–Crippen MR) is 84.4 cm³/mol. The van der Waals surface area contributed by atoms with Crippen LogP contribution in [0.15, 0.2) is 18.5 Å². The van der Waals surface area contributed by atoms with Gasteiger partial charge in [0.2, 0.25) is 0 Å². The zero-order valence-electron chi connectivity index (χ0n) is 14.5. The minimum absolute atomic E-state index is 0.0124. The summed E-state index contributed by atoms with van der Waals surface area (Å²) in [6, 6.07) is 1.07. The Hall–Kier alpha value is -1.99. The summed E-state index contributed by atoms with van der Waals surface area (Å²) in [5, 5.41) is 4.12. The Labute approximate surface area is 142 Å². The van der Waals surface area contributed by atoms with Crippen molar-refractivity contribution in [3.8, 4) is 11.3 Å². The molecule has 2 rings (SSSR count). The average molecular weight is 361 g/mol. The molecule has 0 saturated heterocycles. The monoisotopic (exact) mass is 361 g/mol. The molecule has 2 heterocycles. The van der Waals surface area contributed by atoms with Gasteiger partial charge < -0.3 is 0 Å².